The van der Waals surface area contributed by atoms with Crippen LogP contribution in [0.4, 0.5) is 11.4 Å². The van der Waals surface area contributed by atoms with Crippen molar-refractivity contribution in [1.82, 2.24) is 5.32 Å². The van der Waals surface area contributed by atoms with Crippen LogP contribution in [0.2, 0.25) is 0 Å². The first-order valence-corrected chi connectivity index (χ1v) is 8.90. The van der Waals surface area contributed by atoms with E-state index in [1.807, 2.05) is 0 Å². The van der Waals surface area contributed by atoms with Gasteiger partial charge in [-0.2, -0.15) is 0 Å². The number of carbonyl (C=O) groups excluding carboxylic acids is 2. The monoisotopic (exact) mass is 401 g/mol. The highest BCUT2D eigenvalue weighted by atomic mass is 32.1. The van der Waals surface area contributed by atoms with Crippen LogP contribution >= 0.6 is 11.3 Å². The Morgan fingerprint density at radius 2 is 1.93 bits per heavy atom. The number of nitrogens with zero attached hydrogens (tertiary/aromatic N) is 1. The first-order chi connectivity index (χ1) is 13.5. The Labute approximate surface area is 162 Å². The van der Waals surface area contributed by atoms with Crippen molar-refractivity contribution in [2.45, 2.75) is 12.6 Å². The van der Waals surface area contributed by atoms with Gasteiger partial charge in [-0.05, 0) is 30.3 Å². The number of anilines is 1. The highest BCUT2D eigenvalue weighted by Crippen LogP contribution is 2.28. The molecule has 28 heavy (non-hydrogen) atoms. The van der Waals surface area contributed by atoms with Gasteiger partial charge in [-0.1, -0.05) is 12.1 Å². The Balaban J connectivity index is 1.57. The lowest BCUT2D eigenvalue weighted by Gasteiger charge is -2.06. The molecule has 2 heterocycles. The fourth-order valence-electron chi connectivity index (χ4n) is 2.39. The summed E-state index contributed by atoms with van der Waals surface area (Å²) < 4.78 is 5.16. The van der Waals surface area contributed by atoms with E-state index in [0.29, 0.717) is 15.5 Å². The van der Waals surface area contributed by atoms with E-state index in [0.717, 1.165) is 0 Å². The fourth-order valence-corrected chi connectivity index (χ4v) is 3.34. The minimum absolute atomic E-state index is 0.0624. The second-order valence-corrected chi connectivity index (χ2v) is 6.83. The van der Waals surface area contributed by atoms with Crippen LogP contribution < -0.4 is 10.6 Å². The molecule has 3 rings (SSSR count). The maximum Gasteiger partial charge on any atom is 0.313 e. The van der Waals surface area contributed by atoms with E-state index in [2.05, 4.69) is 10.6 Å². The Hall–Kier alpha value is -3.50. The van der Waals surface area contributed by atoms with Crippen molar-refractivity contribution in [2.24, 2.45) is 0 Å². The van der Waals surface area contributed by atoms with Gasteiger partial charge in [-0.3, -0.25) is 19.7 Å². The lowest BCUT2D eigenvalue weighted by atomic mass is 10.2. The van der Waals surface area contributed by atoms with Crippen molar-refractivity contribution in [3.63, 3.8) is 0 Å². The number of hydrogen-bond donors (Lipinski definition) is 3. The van der Waals surface area contributed by atoms with Crippen molar-refractivity contribution in [3.05, 3.63) is 80.4 Å². The number of rotatable bonds is 6. The number of aliphatic hydroxyl groups is 1. The van der Waals surface area contributed by atoms with Gasteiger partial charge in [0.25, 0.3) is 5.69 Å². The predicted octanol–water partition coefficient (Wildman–Crippen LogP) is 2.59. The van der Waals surface area contributed by atoms with E-state index in [1.54, 1.807) is 24.3 Å². The molecular formula is C18H15N3O6S. The Bertz CT molecular complexity index is 998. The van der Waals surface area contributed by atoms with Crippen molar-refractivity contribution in [1.29, 1.82) is 0 Å². The van der Waals surface area contributed by atoms with Gasteiger partial charge in [0.2, 0.25) is 0 Å². The summed E-state index contributed by atoms with van der Waals surface area (Å²) in [6.07, 6.45) is 0.551. The first kappa shape index (κ1) is 19.3. The van der Waals surface area contributed by atoms with Gasteiger partial charge >= 0.3 is 11.8 Å². The Morgan fingerprint density at radius 1 is 1.14 bits per heavy atom. The third-order valence-electron chi connectivity index (χ3n) is 3.74. The maximum absolute atomic E-state index is 12.0. The van der Waals surface area contributed by atoms with E-state index in [4.69, 9.17) is 4.42 Å². The number of amides is 2. The second kappa shape index (κ2) is 8.46. The summed E-state index contributed by atoms with van der Waals surface area (Å²) in [6, 6.07) is 12.3. The highest BCUT2D eigenvalue weighted by molar-refractivity contribution is 7.12. The molecule has 1 unspecified atom stereocenters. The van der Waals surface area contributed by atoms with Gasteiger partial charge < -0.3 is 20.2 Å². The molecule has 0 bridgehead atoms. The normalized spacial score (nSPS) is 11.6. The van der Waals surface area contributed by atoms with Crippen LogP contribution in [-0.2, 0) is 16.1 Å². The van der Waals surface area contributed by atoms with E-state index in [1.165, 1.54) is 41.9 Å². The largest absolute Gasteiger partial charge is 0.466 e. The molecule has 3 aromatic rings. The van der Waals surface area contributed by atoms with Crippen molar-refractivity contribution in [2.75, 3.05) is 5.32 Å². The summed E-state index contributed by atoms with van der Waals surface area (Å²) in [5, 5.41) is 25.8. The Kier molecular flexibility index (Phi) is 5.82. The molecule has 3 N–H and O–H groups in total. The van der Waals surface area contributed by atoms with Crippen LogP contribution in [0.3, 0.4) is 0 Å². The molecule has 0 aliphatic heterocycles. The molecule has 10 heteroatoms. The van der Waals surface area contributed by atoms with Gasteiger partial charge in [0.15, 0.2) is 0 Å². The molecule has 0 aliphatic carbocycles. The number of nitrogens with one attached hydrogen (secondary N) is 2. The number of aliphatic hydroxyl groups excluding tert-OH is 1. The van der Waals surface area contributed by atoms with Gasteiger partial charge in [-0.15, -0.1) is 11.3 Å². The number of furan rings is 1. The standard InChI is InChI=1S/C18H15N3O6S/c22-16(14-6-3-9-27-14)15-8-7-11(28-15)10-19-17(23)18(24)20-12-4-1-2-5-13(12)21(25)26/h1-9,16,22H,10H2,(H,19,23)(H,20,24). The minimum atomic E-state index is -1.01. The first-order valence-electron chi connectivity index (χ1n) is 8.08. The minimum Gasteiger partial charge on any atom is -0.466 e. The number of hydrogen-bond acceptors (Lipinski definition) is 7. The molecule has 0 aliphatic rings. The SMILES string of the molecule is O=C(NCc1ccc(C(O)c2ccco2)s1)C(=O)Nc1ccccc1[N+](=O)[O-]. The smallest absolute Gasteiger partial charge is 0.313 e. The second-order valence-electron chi connectivity index (χ2n) is 5.63. The van der Waals surface area contributed by atoms with E-state index >= 15 is 0 Å². The molecular weight excluding hydrogens is 386 g/mol. The average Bonchev–Trinajstić information content (AvgIpc) is 3.38. The number of thiophene rings is 1. The summed E-state index contributed by atoms with van der Waals surface area (Å²) >= 11 is 1.26. The molecule has 144 valence electrons. The van der Waals surface area contributed by atoms with E-state index in [9.17, 15) is 24.8 Å². The van der Waals surface area contributed by atoms with Crippen molar-refractivity contribution < 1.29 is 24.0 Å². The van der Waals surface area contributed by atoms with Gasteiger partial charge in [0.1, 0.15) is 17.6 Å². The quantitative estimate of drug-likeness (QED) is 0.330. The molecule has 9 nitrogen and oxygen atoms in total. The van der Waals surface area contributed by atoms with Crippen LogP contribution in [0.15, 0.2) is 59.2 Å². The van der Waals surface area contributed by atoms with Crippen LogP contribution in [0.5, 0.6) is 0 Å². The lowest BCUT2D eigenvalue weighted by molar-refractivity contribution is -0.383. The third-order valence-corrected chi connectivity index (χ3v) is 4.88. The Morgan fingerprint density at radius 3 is 2.64 bits per heavy atom. The molecule has 2 amide bonds. The predicted molar refractivity (Wildman–Crippen MR) is 101 cm³/mol. The van der Waals surface area contributed by atoms with E-state index < -0.39 is 22.8 Å². The molecule has 1 atom stereocenters. The van der Waals surface area contributed by atoms with Gasteiger partial charge in [-0.25, -0.2) is 0 Å². The van der Waals surface area contributed by atoms with Crippen molar-refractivity contribution >= 4 is 34.5 Å². The number of benzene rings is 1. The zero-order chi connectivity index (χ0) is 20.1. The zero-order valence-corrected chi connectivity index (χ0v) is 15.1. The van der Waals surface area contributed by atoms with Crippen LogP contribution in [0.1, 0.15) is 21.6 Å². The summed E-state index contributed by atoms with van der Waals surface area (Å²) in [6.45, 7) is 0.0681. The summed E-state index contributed by atoms with van der Waals surface area (Å²) in [5.41, 5.74) is -0.369. The zero-order valence-electron chi connectivity index (χ0n) is 14.3. The van der Waals surface area contributed by atoms with E-state index in [-0.39, 0.29) is 17.9 Å². The van der Waals surface area contributed by atoms with Crippen LogP contribution in [0.25, 0.3) is 0 Å². The molecule has 2 aromatic heterocycles. The fraction of sp³-hybridized carbons (Fsp3) is 0.111. The molecule has 0 saturated heterocycles. The van der Waals surface area contributed by atoms with Crippen LogP contribution in [0, 0.1) is 10.1 Å². The van der Waals surface area contributed by atoms with Crippen LogP contribution in [-0.4, -0.2) is 21.8 Å². The average molecular weight is 401 g/mol. The number of para-hydroxylation sites is 2. The maximum atomic E-state index is 12.0. The summed E-state index contributed by atoms with van der Waals surface area (Å²) in [4.78, 5) is 35.6. The third kappa shape index (κ3) is 4.42. The molecule has 1 aromatic carbocycles. The summed E-state index contributed by atoms with van der Waals surface area (Å²) in [5.74, 6) is -1.54. The number of nitro benzene ring substituents is 1. The highest BCUT2D eigenvalue weighted by Gasteiger charge is 2.20. The molecule has 0 saturated carbocycles. The topological polar surface area (TPSA) is 135 Å². The molecule has 0 fully saturated rings. The number of nitro groups is 1. The van der Waals surface area contributed by atoms with Crippen molar-refractivity contribution in [3.8, 4) is 0 Å². The molecule has 0 radical (unpaired) electrons. The van der Waals surface area contributed by atoms with Gasteiger partial charge in [0, 0.05) is 15.8 Å². The lowest BCUT2D eigenvalue weighted by Crippen LogP contribution is -2.34. The summed E-state index contributed by atoms with van der Waals surface area (Å²) in [7, 11) is 0. The molecule has 0 spiro atoms. The number of carbonyl (C=O) groups is 2. The van der Waals surface area contributed by atoms with Gasteiger partial charge in [0.05, 0.1) is 17.7 Å².